The molecule has 0 saturated heterocycles. The monoisotopic (exact) mass is 474 g/mol. The maximum atomic E-state index is 10.2. The van der Waals surface area contributed by atoms with E-state index in [9.17, 15) is 5.26 Å². The molecule has 0 spiro atoms. The van der Waals surface area contributed by atoms with Crippen molar-refractivity contribution < 1.29 is 0 Å². The first kappa shape index (κ1) is 20.4. The predicted molar refractivity (Wildman–Crippen MR) is 130 cm³/mol. The maximum Gasteiger partial charge on any atom is 0.188 e. The SMILES string of the molecule is Cc1ccc(-c2c(-c3ncc[nH]3)sc(-c3ccnc(Nc4nccs4)c3)c2C#N)c(Cl)c1. The van der Waals surface area contributed by atoms with E-state index >= 15 is 0 Å². The minimum Gasteiger partial charge on any atom is -0.344 e. The second-order valence-electron chi connectivity index (χ2n) is 6.94. The third-order valence-electron chi connectivity index (χ3n) is 4.82. The lowest BCUT2D eigenvalue weighted by Crippen LogP contribution is -1.93. The number of nitriles is 1. The zero-order chi connectivity index (χ0) is 22.1. The molecule has 156 valence electrons. The number of thiophene rings is 1. The van der Waals surface area contributed by atoms with Gasteiger partial charge in [0.25, 0.3) is 0 Å². The van der Waals surface area contributed by atoms with E-state index in [1.807, 2.05) is 42.6 Å². The Hall–Kier alpha value is -3.51. The van der Waals surface area contributed by atoms with Gasteiger partial charge in [-0.15, -0.1) is 22.7 Å². The van der Waals surface area contributed by atoms with Gasteiger partial charge in [0.15, 0.2) is 5.13 Å². The summed E-state index contributed by atoms with van der Waals surface area (Å²) in [5.41, 5.74) is 4.07. The molecule has 0 radical (unpaired) electrons. The predicted octanol–water partition coefficient (Wildman–Crippen LogP) is 6.90. The molecule has 0 fully saturated rings. The second kappa shape index (κ2) is 8.55. The van der Waals surface area contributed by atoms with E-state index in [1.54, 1.807) is 24.8 Å². The Morgan fingerprint density at radius 2 is 1.97 bits per heavy atom. The van der Waals surface area contributed by atoms with Crippen LogP contribution in [0.3, 0.4) is 0 Å². The molecule has 0 amide bonds. The standard InChI is InChI=1S/C23H15ClN6S2/c1-13-2-3-15(17(24)10-13)19-16(12-25)20(32-21(19)22-27-6-7-28-22)14-4-5-26-18(11-14)30-23-29-8-9-31-23/h2-11H,1H3,(H,27,28)(H,26,29,30). The maximum absolute atomic E-state index is 10.2. The average Bonchev–Trinajstić information content (AvgIpc) is 3.55. The fourth-order valence-electron chi connectivity index (χ4n) is 3.41. The molecular formula is C23H15ClN6S2. The van der Waals surface area contributed by atoms with Gasteiger partial charge in [0.2, 0.25) is 0 Å². The van der Waals surface area contributed by atoms with Crippen LogP contribution in [0.5, 0.6) is 0 Å². The lowest BCUT2D eigenvalue weighted by molar-refractivity contribution is 1.29. The van der Waals surface area contributed by atoms with Gasteiger partial charge >= 0.3 is 0 Å². The van der Waals surface area contributed by atoms with Crippen molar-refractivity contribution in [1.29, 1.82) is 5.26 Å². The molecule has 6 nitrogen and oxygen atoms in total. The molecule has 2 N–H and O–H groups in total. The number of halogens is 1. The van der Waals surface area contributed by atoms with Gasteiger partial charge in [-0.25, -0.2) is 15.0 Å². The fourth-order valence-corrected chi connectivity index (χ4v) is 5.50. The molecule has 0 aliphatic heterocycles. The Morgan fingerprint density at radius 1 is 1.06 bits per heavy atom. The van der Waals surface area contributed by atoms with Gasteiger partial charge in [-0.05, 0) is 36.2 Å². The van der Waals surface area contributed by atoms with Crippen molar-refractivity contribution in [2.24, 2.45) is 0 Å². The van der Waals surface area contributed by atoms with Crippen LogP contribution in [-0.2, 0) is 0 Å². The van der Waals surface area contributed by atoms with Crippen molar-refractivity contribution >= 4 is 45.2 Å². The fraction of sp³-hybridized carbons (Fsp3) is 0.0435. The van der Waals surface area contributed by atoms with Crippen molar-refractivity contribution in [2.75, 3.05) is 5.32 Å². The number of aromatic amines is 1. The van der Waals surface area contributed by atoms with Gasteiger partial charge in [0.05, 0.1) is 15.3 Å². The highest BCUT2D eigenvalue weighted by Crippen LogP contribution is 2.48. The summed E-state index contributed by atoms with van der Waals surface area (Å²) in [6, 6.07) is 12.1. The number of imidazole rings is 1. The molecule has 0 bridgehead atoms. The molecule has 0 atom stereocenters. The van der Waals surface area contributed by atoms with Gasteiger partial charge in [-0.2, -0.15) is 5.26 Å². The van der Waals surface area contributed by atoms with E-state index in [0.29, 0.717) is 22.2 Å². The van der Waals surface area contributed by atoms with Crippen LogP contribution in [0.4, 0.5) is 10.9 Å². The molecule has 0 aliphatic carbocycles. The van der Waals surface area contributed by atoms with Crippen LogP contribution in [-0.4, -0.2) is 19.9 Å². The number of aryl methyl sites for hydroxylation is 1. The highest BCUT2D eigenvalue weighted by Gasteiger charge is 2.24. The highest BCUT2D eigenvalue weighted by molar-refractivity contribution is 7.19. The normalized spacial score (nSPS) is 10.8. The topological polar surface area (TPSA) is 90.3 Å². The first-order valence-electron chi connectivity index (χ1n) is 9.60. The van der Waals surface area contributed by atoms with Crippen LogP contribution in [0.15, 0.2) is 60.5 Å². The first-order chi connectivity index (χ1) is 15.6. The molecule has 9 heteroatoms. The number of H-pyrrole nitrogens is 1. The minimum absolute atomic E-state index is 0.554. The van der Waals surface area contributed by atoms with E-state index in [0.717, 1.165) is 37.1 Å². The van der Waals surface area contributed by atoms with Crippen molar-refractivity contribution in [3.8, 4) is 38.3 Å². The molecule has 5 aromatic rings. The Balaban J connectivity index is 1.70. The van der Waals surface area contributed by atoms with E-state index in [4.69, 9.17) is 11.6 Å². The number of pyridine rings is 1. The van der Waals surface area contributed by atoms with Crippen molar-refractivity contribution in [1.82, 2.24) is 19.9 Å². The molecule has 5 rings (SSSR count). The van der Waals surface area contributed by atoms with E-state index in [1.165, 1.54) is 22.7 Å². The largest absolute Gasteiger partial charge is 0.344 e. The van der Waals surface area contributed by atoms with Crippen LogP contribution in [0.25, 0.3) is 32.3 Å². The van der Waals surface area contributed by atoms with E-state index < -0.39 is 0 Å². The summed E-state index contributed by atoms with van der Waals surface area (Å²) >= 11 is 9.62. The Labute approximate surface area is 197 Å². The summed E-state index contributed by atoms with van der Waals surface area (Å²) in [5, 5.41) is 16.7. The zero-order valence-electron chi connectivity index (χ0n) is 16.8. The van der Waals surface area contributed by atoms with Crippen LogP contribution in [0.2, 0.25) is 5.02 Å². The zero-order valence-corrected chi connectivity index (χ0v) is 19.1. The lowest BCUT2D eigenvalue weighted by Gasteiger charge is -2.07. The van der Waals surface area contributed by atoms with E-state index in [2.05, 4.69) is 31.3 Å². The number of thiazole rings is 1. The first-order valence-corrected chi connectivity index (χ1v) is 11.7. The highest BCUT2D eigenvalue weighted by atomic mass is 35.5. The number of nitrogens with zero attached hydrogens (tertiary/aromatic N) is 4. The van der Waals surface area contributed by atoms with E-state index in [-0.39, 0.29) is 0 Å². The number of aromatic nitrogens is 4. The molecule has 4 aromatic heterocycles. The summed E-state index contributed by atoms with van der Waals surface area (Å²) in [6.07, 6.45) is 6.92. The summed E-state index contributed by atoms with van der Waals surface area (Å²) < 4.78 is 0. The van der Waals surface area contributed by atoms with Gasteiger partial charge in [0.1, 0.15) is 17.7 Å². The summed E-state index contributed by atoms with van der Waals surface area (Å²) in [4.78, 5) is 17.9. The minimum atomic E-state index is 0.554. The molecule has 0 unspecified atom stereocenters. The van der Waals surface area contributed by atoms with Crippen molar-refractivity contribution in [3.63, 3.8) is 0 Å². The number of nitrogens with one attached hydrogen (secondary N) is 2. The van der Waals surface area contributed by atoms with Crippen LogP contribution < -0.4 is 5.32 Å². The van der Waals surface area contributed by atoms with Gasteiger partial charge in [0, 0.05) is 46.3 Å². The smallest absolute Gasteiger partial charge is 0.188 e. The molecular weight excluding hydrogens is 460 g/mol. The molecule has 0 saturated carbocycles. The molecule has 1 aromatic carbocycles. The lowest BCUT2D eigenvalue weighted by atomic mass is 9.97. The molecule has 4 heterocycles. The van der Waals surface area contributed by atoms with Crippen LogP contribution in [0.1, 0.15) is 11.1 Å². The average molecular weight is 475 g/mol. The number of benzene rings is 1. The van der Waals surface area contributed by atoms with Crippen LogP contribution in [0, 0.1) is 18.3 Å². The summed E-state index contributed by atoms with van der Waals surface area (Å²) in [6.45, 7) is 1.99. The molecule has 0 aliphatic rings. The Morgan fingerprint density at radius 3 is 2.69 bits per heavy atom. The molecule has 32 heavy (non-hydrogen) atoms. The Kier molecular flexibility index (Phi) is 5.45. The van der Waals surface area contributed by atoms with Gasteiger partial charge < -0.3 is 10.3 Å². The quantitative estimate of drug-likeness (QED) is 0.289. The summed E-state index contributed by atoms with van der Waals surface area (Å²) in [5.74, 6) is 1.35. The second-order valence-corrected chi connectivity index (χ2v) is 9.26. The van der Waals surface area contributed by atoms with Gasteiger partial charge in [-0.3, -0.25) is 0 Å². The number of hydrogen-bond donors (Lipinski definition) is 2. The Bertz CT molecular complexity index is 1430. The third kappa shape index (κ3) is 3.78. The number of rotatable bonds is 5. The summed E-state index contributed by atoms with van der Waals surface area (Å²) in [7, 11) is 0. The van der Waals surface area contributed by atoms with Crippen molar-refractivity contribution in [2.45, 2.75) is 6.92 Å². The number of anilines is 2. The third-order valence-corrected chi connectivity index (χ3v) is 7.06. The van der Waals surface area contributed by atoms with Crippen molar-refractivity contribution in [3.05, 3.63) is 76.6 Å². The van der Waals surface area contributed by atoms with Crippen LogP contribution >= 0.6 is 34.3 Å². The van der Waals surface area contributed by atoms with Gasteiger partial charge in [-0.1, -0.05) is 23.7 Å². The number of hydrogen-bond acceptors (Lipinski definition) is 7.